The standard InChI is InChI=1S/C10H9I2NO3/c11-5-3-6(12)8-7(4-5)13-9(15)10(8,16)1-2-14/h3-4,14,16H,1-2H2,(H,13,15)/t10-/m1/s1. The van der Waals surface area contributed by atoms with Gasteiger partial charge in [0, 0.05) is 31.4 Å². The largest absolute Gasteiger partial charge is 0.396 e. The lowest BCUT2D eigenvalue weighted by Crippen LogP contribution is -2.35. The highest BCUT2D eigenvalue weighted by Gasteiger charge is 2.46. The SMILES string of the molecule is O=C1Nc2cc(I)cc(I)c2[C@]1(O)CCO. The summed E-state index contributed by atoms with van der Waals surface area (Å²) in [5.74, 6) is -0.462. The molecule has 3 N–H and O–H groups in total. The molecular formula is C10H9I2NO3. The Kier molecular flexibility index (Phi) is 3.44. The molecule has 0 unspecified atom stereocenters. The van der Waals surface area contributed by atoms with Crippen LogP contribution in [-0.4, -0.2) is 22.7 Å². The fraction of sp³-hybridized carbons (Fsp3) is 0.300. The van der Waals surface area contributed by atoms with Crippen LogP contribution in [0.5, 0.6) is 0 Å². The number of halogens is 2. The number of amides is 1. The van der Waals surface area contributed by atoms with Crippen LogP contribution in [0.2, 0.25) is 0 Å². The second-order valence-electron chi connectivity index (χ2n) is 3.60. The zero-order valence-electron chi connectivity index (χ0n) is 8.13. The van der Waals surface area contributed by atoms with Crippen LogP contribution in [0.4, 0.5) is 5.69 Å². The number of rotatable bonds is 2. The summed E-state index contributed by atoms with van der Waals surface area (Å²) in [5, 5.41) is 21.9. The molecular weight excluding hydrogens is 436 g/mol. The molecule has 1 aliphatic heterocycles. The Labute approximate surface area is 120 Å². The lowest BCUT2D eigenvalue weighted by atomic mass is 9.92. The monoisotopic (exact) mass is 445 g/mol. The molecule has 86 valence electrons. The number of nitrogens with one attached hydrogen (secondary N) is 1. The van der Waals surface area contributed by atoms with Crippen LogP contribution in [0.25, 0.3) is 0 Å². The van der Waals surface area contributed by atoms with Crippen LogP contribution >= 0.6 is 45.2 Å². The predicted molar refractivity (Wildman–Crippen MR) is 76.1 cm³/mol. The van der Waals surface area contributed by atoms with Gasteiger partial charge in [0.1, 0.15) is 0 Å². The molecule has 0 fully saturated rings. The van der Waals surface area contributed by atoms with E-state index < -0.39 is 11.5 Å². The Balaban J connectivity index is 2.60. The second kappa shape index (κ2) is 4.39. The molecule has 16 heavy (non-hydrogen) atoms. The van der Waals surface area contributed by atoms with Crippen molar-refractivity contribution in [2.75, 3.05) is 11.9 Å². The highest BCUT2D eigenvalue weighted by atomic mass is 127. The van der Waals surface area contributed by atoms with E-state index in [1.165, 1.54) is 0 Å². The van der Waals surface area contributed by atoms with E-state index in [1.54, 1.807) is 0 Å². The van der Waals surface area contributed by atoms with Gasteiger partial charge < -0.3 is 15.5 Å². The van der Waals surface area contributed by atoms with Crippen LogP contribution in [0, 0.1) is 7.14 Å². The Morgan fingerprint density at radius 1 is 1.38 bits per heavy atom. The molecule has 2 rings (SSSR count). The molecule has 0 aromatic heterocycles. The van der Waals surface area contributed by atoms with Crippen molar-refractivity contribution in [3.63, 3.8) is 0 Å². The zero-order valence-corrected chi connectivity index (χ0v) is 12.4. The molecule has 1 aromatic carbocycles. The van der Waals surface area contributed by atoms with Crippen molar-refractivity contribution >= 4 is 56.8 Å². The molecule has 4 nitrogen and oxygen atoms in total. The van der Waals surface area contributed by atoms with E-state index in [0.29, 0.717) is 11.3 Å². The molecule has 1 amide bonds. The minimum atomic E-state index is -1.59. The van der Waals surface area contributed by atoms with Crippen molar-refractivity contribution < 1.29 is 15.0 Å². The number of carbonyl (C=O) groups is 1. The predicted octanol–water partition coefficient (Wildman–Crippen LogP) is 1.42. The first-order valence-electron chi connectivity index (χ1n) is 4.63. The van der Waals surface area contributed by atoms with Crippen LogP contribution in [0.3, 0.4) is 0 Å². The Bertz CT molecular complexity index is 464. The number of fused-ring (bicyclic) bond motifs is 1. The molecule has 1 atom stereocenters. The second-order valence-corrected chi connectivity index (χ2v) is 6.01. The van der Waals surface area contributed by atoms with Crippen LogP contribution in [0.15, 0.2) is 12.1 Å². The number of hydrogen-bond donors (Lipinski definition) is 3. The van der Waals surface area contributed by atoms with Gasteiger partial charge in [-0.25, -0.2) is 0 Å². The third-order valence-electron chi connectivity index (χ3n) is 2.57. The number of hydrogen-bond acceptors (Lipinski definition) is 3. The molecule has 1 heterocycles. The van der Waals surface area contributed by atoms with Gasteiger partial charge in [-0.1, -0.05) is 0 Å². The van der Waals surface area contributed by atoms with Gasteiger partial charge in [0.2, 0.25) is 0 Å². The Morgan fingerprint density at radius 2 is 2.06 bits per heavy atom. The number of anilines is 1. The summed E-state index contributed by atoms with van der Waals surface area (Å²) in [5.41, 5.74) is -0.380. The number of benzene rings is 1. The highest BCUT2D eigenvalue weighted by Crippen LogP contribution is 2.41. The number of aliphatic hydroxyl groups excluding tert-OH is 1. The topological polar surface area (TPSA) is 69.6 Å². The molecule has 0 bridgehead atoms. The van der Waals surface area contributed by atoms with Crippen molar-refractivity contribution in [3.8, 4) is 0 Å². The summed E-state index contributed by atoms with van der Waals surface area (Å²) in [4.78, 5) is 11.7. The maximum absolute atomic E-state index is 11.7. The van der Waals surface area contributed by atoms with Crippen LogP contribution in [0.1, 0.15) is 12.0 Å². The molecule has 0 saturated heterocycles. The zero-order chi connectivity index (χ0) is 11.9. The smallest absolute Gasteiger partial charge is 0.261 e. The molecule has 0 saturated carbocycles. The Morgan fingerprint density at radius 3 is 2.69 bits per heavy atom. The van der Waals surface area contributed by atoms with Gasteiger partial charge in [-0.15, -0.1) is 0 Å². The van der Waals surface area contributed by atoms with Gasteiger partial charge in [-0.3, -0.25) is 4.79 Å². The minimum absolute atomic E-state index is 0.0163. The van der Waals surface area contributed by atoms with Crippen molar-refractivity contribution in [2.24, 2.45) is 0 Å². The van der Waals surface area contributed by atoms with E-state index in [0.717, 1.165) is 7.14 Å². The van der Waals surface area contributed by atoms with Crippen molar-refractivity contribution in [2.45, 2.75) is 12.0 Å². The van der Waals surface area contributed by atoms with Gasteiger partial charge in [0.15, 0.2) is 5.60 Å². The van der Waals surface area contributed by atoms with Crippen LogP contribution < -0.4 is 5.32 Å². The third kappa shape index (κ3) is 1.85. The molecule has 0 aliphatic carbocycles. The summed E-state index contributed by atoms with van der Waals surface area (Å²) >= 11 is 4.24. The van der Waals surface area contributed by atoms with Gasteiger partial charge in [-0.05, 0) is 57.3 Å². The first-order valence-corrected chi connectivity index (χ1v) is 6.79. The fourth-order valence-corrected chi connectivity index (χ4v) is 4.12. The fourth-order valence-electron chi connectivity index (χ4n) is 1.83. The van der Waals surface area contributed by atoms with Crippen molar-refractivity contribution in [3.05, 3.63) is 24.8 Å². The van der Waals surface area contributed by atoms with Crippen molar-refractivity contribution in [1.82, 2.24) is 0 Å². The highest BCUT2D eigenvalue weighted by molar-refractivity contribution is 14.1. The minimum Gasteiger partial charge on any atom is -0.396 e. The normalized spacial score (nSPS) is 23.1. The first-order chi connectivity index (χ1) is 7.49. The van der Waals surface area contributed by atoms with E-state index >= 15 is 0 Å². The quantitative estimate of drug-likeness (QED) is 0.604. The summed E-state index contributed by atoms with van der Waals surface area (Å²) in [6.07, 6.45) is 0.0163. The number of aliphatic hydroxyl groups is 2. The average Bonchev–Trinajstić information content (AvgIpc) is 2.38. The average molecular weight is 445 g/mol. The summed E-state index contributed by atoms with van der Waals surface area (Å²) in [7, 11) is 0. The molecule has 1 aliphatic rings. The van der Waals surface area contributed by atoms with Gasteiger partial charge >= 0.3 is 0 Å². The van der Waals surface area contributed by atoms with Gasteiger partial charge in [0.25, 0.3) is 5.91 Å². The van der Waals surface area contributed by atoms with E-state index in [1.807, 2.05) is 12.1 Å². The van der Waals surface area contributed by atoms with E-state index in [-0.39, 0.29) is 13.0 Å². The van der Waals surface area contributed by atoms with E-state index in [2.05, 4.69) is 50.5 Å². The van der Waals surface area contributed by atoms with E-state index in [4.69, 9.17) is 5.11 Å². The number of carbonyl (C=O) groups excluding carboxylic acids is 1. The lowest BCUT2D eigenvalue weighted by molar-refractivity contribution is -0.135. The maximum Gasteiger partial charge on any atom is 0.261 e. The molecule has 6 heteroatoms. The molecule has 1 aromatic rings. The van der Waals surface area contributed by atoms with Crippen molar-refractivity contribution in [1.29, 1.82) is 0 Å². The lowest BCUT2D eigenvalue weighted by Gasteiger charge is -2.20. The third-order valence-corrected chi connectivity index (χ3v) is 4.04. The van der Waals surface area contributed by atoms with Gasteiger partial charge in [-0.2, -0.15) is 0 Å². The molecule has 0 spiro atoms. The first kappa shape index (κ1) is 12.5. The van der Waals surface area contributed by atoms with Gasteiger partial charge in [0.05, 0.1) is 0 Å². The van der Waals surface area contributed by atoms with E-state index in [9.17, 15) is 9.90 Å². The summed E-state index contributed by atoms with van der Waals surface area (Å²) in [6, 6.07) is 3.70. The maximum atomic E-state index is 11.7. The van der Waals surface area contributed by atoms with Crippen LogP contribution in [-0.2, 0) is 10.4 Å². The molecule has 0 radical (unpaired) electrons. The summed E-state index contributed by atoms with van der Waals surface area (Å²) in [6.45, 7) is -0.231. The Hall–Kier alpha value is 0.0700. The summed E-state index contributed by atoms with van der Waals surface area (Å²) < 4.78 is 1.82.